The number of nitrogens with one attached hydrogen (secondary N) is 2. The fourth-order valence-corrected chi connectivity index (χ4v) is 3.43. The number of halogens is 1. The van der Waals surface area contributed by atoms with Crippen molar-refractivity contribution in [3.8, 4) is 11.5 Å². The Kier molecular flexibility index (Phi) is 9.77. The third-order valence-electron chi connectivity index (χ3n) is 4.97. The lowest BCUT2D eigenvalue weighted by atomic mass is 10.0. The van der Waals surface area contributed by atoms with E-state index in [9.17, 15) is 19.8 Å². The van der Waals surface area contributed by atoms with Crippen molar-refractivity contribution >= 4 is 29.6 Å². The zero-order chi connectivity index (χ0) is 25.0. The van der Waals surface area contributed by atoms with E-state index in [0.29, 0.717) is 18.7 Å². The summed E-state index contributed by atoms with van der Waals surface area (Å²) in [5.41, 5.74) is 3.82. The molecule has 1 aliphatic heterocycles. The minimum Gasteiger partial charge on any atom is -0.507 e. The van der Waals surface area contributed by atoms with Crippen LogP contribution in [-0.2, 0) is 20.9 Å². The molecule has 1 aliphatic rings. The number of hydrogen-bond donors (Lipinski definition) is 4. The number of aromatic hydroxyl groups is 2. The summed E-state index contributed by atoms with van der Waals surface area (Å²) in [6, 6.07) is 10.4. The lowest BCUT2D eigenvalue weighted by Crippen LogP contribution is -2.30. The average Bonchev–Trinajstić information content (AvgIpc) is 2.84. The molecule has 0 fully saturated rings. The molecule has 0 spiro atoms. The molecule has 0 radical (unpaired) electrons. The molecule has 1 amide bonds. The molecule has 35 heavy (non-hydrogen) atoms. The van der Waals surface area contributed by atoms with E-state index < -0.39 is 17.5 Å². The molecule has 2 aromatic carbocycles. The number of carbonyl (C=O) groups is 2. The number of hydrogen-bond acceptors (Lipinski definition) is 7. The molecule has 4 N–H and O–H groups in total. The van der Waals surface area contributed by atoms with Crippen LogP contribution in [0.2, 0.25) is 5.02 Å². The average molecular weight is 499 g/mol. The number of phenols is 2. The molecule has 0 aliphatic carbocycles. The summed E-state index contributed by atoms with van der Waals surface area (Å²) in [4.78, 5) is 30.2. The van der Waals surface area contributed by atoms with Crippen molar-refractivity contribution in [2.24, 2.45) is 0 Å². The predicted octanol–water partition coefficient (Wildman–Crippen LogP) is 4.38. The summed E-state index contributed by atoms with van der Waals surface area (Å²) in [5.74, 6) is -2.00. The Morgan fingerprint density at radius 3 is 2.60 bits per heavy atom. The van der Waals surface area contributed by atoms with Gasteiger partial charge in [0.25, 0.3) is 0 Å². The van der Waals surface area contributed by atoms with E-state index in [2.05, 4.69) is 10.8 Å². The first-order valence-corrected chi connectivity index (χ1v) is 11.5. The molecule has 0 unspecified atom stereocenters. The van der Waals surface area contributed by atoms with Gasteiger partial charge in [-0.05, 0) is 37.0 Å². The molecule has 0 saturated heterocycles. The van der Waals surface area contributed by atoms with Gasteiger partial charge in [-0.3, -0.25) is 15.1 Å². The number of phenolic OH excluding ortho intramolecular Hbond substituents is 2. The van der Waals surface area contributed by atoms with Gasteiger partial charge < -0.3 is 20.3 Å². The van der Waals surface area contributed by atoms with Gasteiger partial charge >= 0.3 is 5.97 Å². The smallest absolute Gasteiger partial charge is 0.342 e. The van der Waals surface area contributed by atoms with Gasteiger partial charge in [0, 0.05) is 18.2 Å². The largest absolute Gasteiger partial charge is 0.507 e. The SMILES string of the molecule is O=C(CONC1=C\c2c(Cl)c(O)cc(O)c2C(=O)OCCC=CCC\C=C\1)NCc1ccccc1. The Labute approximate surface area is 208 Å². The van der Waals surface area contributed by atoms with Gasteiger partial charge in [0.15, 0.2) is 6.61 Å². The maximum Gasteiger partial charge on any atom is 0.342 e. The molecule has 0 aromatic heterocycles. The summed E-state index contributed by atoms with van der Waals surface area (Å²) in [7, 11) is 0. The second kappa shape index (κ2) is 13.2. The summed E-state index contributed by atoms with van der Waals surface area (Å²) in [6.07, 6.45) is 10.9. The van der Waals surface area contributed by atoms with Gasteiger partial charge in [-0.25, -0.2) is 4.79 Å². The zero-order valence-corrected chi connectivity index (χ0v) is 19.8. The minimum atomic E-state index is -0.786. The second-order valence-corrected chi connectivity index (χ2v) is 8.02. The normalized spacial score (nSPS) is 16.7. The van der Waals surface area contributed by atoms with Crippen molar-refractivity contribution in [1.29, 1.82) is 0 Å². The maximum atomic E-state index is 12.7. The Morgan fingerprint density at radius 2 is 1.80 bits per heavy atom. The van der Waals surface area contributed by atoms with Crippen molar-refractivity contribution in [3.63, 3.8) is 0 Å². The first-order valence-electron chi connectivity index (χ1n) is 11.1. The fourth-order valence-electron chi connectivity index (χ4n) is 3.23. The van der Waals surface area contributed by atoms with Gasteiger partial charge in [0.1, 0.15) is 17.1 Å². The van der Waals surface area contributed by atoms with Crippen LogP contribution in [-0.4, -0.2) is 35.3 Å². The van der Waals surface area contributed by atoms with E-state index in [1.807, 2.05) is 48.6 Å². The van der Waals surface area contributed by atoms with Gasteiger partial charge in [0.2, 0.25) is 5.91 Å². The highest BCUT2D eigenvalue weighted by Crippen LogP contribution is 2.38. The van der Waals surface area contributed by atoms with Crippen LogP contribution in [0.25, 0.3) is 6.08 Å². The number of amides is 1. The summed E-state index contributed by atoms with van der Waals surface area (Å²) in [6.45, 7) is 0.204. The molecule has 3 rings (SSSR count). The Balaban J connectivity index is 1.78. The molecule has 2 aromatic rings. The van der Waals surface area contributed by atoms with E-state index in [4.69, 9.17) is 21.2 Å². The number of ether oxygens (including phenoxy) is 1. The molecule has 9 heteroatoms. The summed E-state index contributed by atoms with van der Waals surface area (Å²) >= 11 is 6.27. The van der Waals surface area contributed by atoms with Crippen LogP contribution >= 0.6 is 11.6 Å². The Morgan fingerprint density at radius 1 is 1.06 bits per heavy atom. The lowest BCUT2D eigenvalue weighted by Gasteiger charge is -2.14. The zero-order valence-electron chi connectivity index (χ0n) is 19.0. The van der Waals surface area contributed by atoms with Crippen molar-refractivity contribution in [1.82, 2.24) is 10.8 Å². The first-order chi connectivity index (χ1) is 17.0. The van der Waals surface area contributed by atoms with Gasteiger partial charge in [-0.2, -0.15) is 0 Å². The van der Waals surface area contributed by atoms with Gasteiger partial charge in [-0.15, -0.1) is 0 Å². The highest BCUT2D eigenvalue weighted by Gasteiger charge is 2.23. The van der Waals surface area contributed by atoms with E-state index >= 15 is 0 Å². The number of cyclic esters (lactones) is 1. The van der Waals surface area contributed by atoms with E-state index in [-0.39, 0.29) is 35.3 Å². The third kappa shape index (κ3) is 7.91. The van der Waals surface area contributed by atoms with Crippen LogP contribution in [0.1, 0.15) is 40.7 Å². The monoisotopic (exact) mass is 498 g/mol. The van der Waals surface area contributed by atoms with Crippen LogP contribution in [0.4, 0.5) is 0 Å². The van der Waals surface area contributed by atoms with Crippen molar-refractivity contribution in [3.05, 3.63) is 88.1 Å². The predicted molar refractivity (Wildman–Crippen MR) is 133 cm³/mol. The molecular formula is C26H27ClN2O6. The molecule has 0 bridgehead atoms. The molecule has 0 atom stereocenters. The van der Waals surface area contributed by atoms with Crippen molar-refractivity contribution in [2.45, 2.75) is 25.8 Å². The van der Waals surface area contributed by atoms with Gasteiger partial charge in [-0.1, -0.05) is 60.2 Å². The maximum absolute atomic E-state index is 12.7. The minimum absolute atomic E-state index is 0.0473. The summed E-state index contributed by atoms with van der Waals surface area (Å²) < 4.78 is 5.26. The molecular weight excluding hydrogens is 472 g/mol. The molecule has 1 heterocycles. The number of benzene rings is 2. The van der Waals surface area contributed by atoms with Crippen LogP contribution in [0.3, 0.4) is 0 Å². The number of carbonyl (C=O) groups excluding carboxylic acids is 2. The van der Waals surface area contributed by atoms with E-state index in [1.165, 1.54) is 6.08 Å². The number of allylic oxidation sites excluding steroid dienone is 3. The van der Waals surface area contributed by atoms with Crippen LogP contribution < -0.4 is 10.8 Å². The van der Waals surface area contributed by atoms with Gasteiger partial charge in [0.05, 0.1) is 17.3 Å². The molecule has 8 nitrogen and oxygen atoms in total. The molecule has 0 saturated carbocycles. The number of fused-ring (bicyclic) bond motifs is 1. The first kappa shape index (κ1) is 25.9. The van der Waals surface area contributed by atoms with E-state index in [0.717, 1.165) is 24.5 Å². The van der Waals surface area contributed by atoms with Crippen molar-refractivity contribution < 1.29 is 29.4 Å². The molecule has 184 valence electrons. The van der Waals surface area contributed by atoms with Crippen LogP contribution in [0.15, 0.2) is 66.4 Å². The van der Waals surface area contributed by atoms with Crippen molar-refractivity contribution in [2.75, 3.05) is 13.2 Å². The number of esters is 1. The number of hydroxylamine groups is 1. The fraction of sp³-hybridized carbons (Fsp3) is 0.231. The second-order valence-electron chi connectivity index (χ2n) is 7.65. The highest BCUT2D eigenvalue weighted by atomic mass is 35.5. The Hall–Kier alpha value is -3.75. The quantitative estimate of drug-likeness (QED) is 0.265. The standard InChI is InChI=1S/C26H27ClN2O6/c27-25-20-14-19(29-35-17-23(32)28-16-18-10-6-5-7-11-18)12-8-3-1-2-4-9-13-34-26(33)24(20)21(30)15-22(25)31/h2,4-8,10-12,14-15,29-31H,1,3,9,13,16-17H2,(H,28,32)/b4-2?,12-8+,19-14-. The topological polar surface area (TPSA) is 117 Å². The number of rotatable bonds is 6. The van der Waals surface area contributed by atoms with Crippen LogP contribution in [0.5, 0.6) is 11.5 Å². The summed E-state index contributed by atoms with van der Waals surface area (Å²) in [5, 5.41) is 23.0. The third-order valence-corrected chi connectivity index (χ3v) is 5.37. The Bertz CT molecular complexity index is 1130. The highest BCUT2D eigenvalue weighted by molar-refractivity contribution is 6.34. The van der Waals surface area contributed by atoms with E-state index in [1.54, 1.807) is 6.08 Å². The lowest BCUT2D eigenvalue weighted by molar-refractivity contribution is -0.127. The van der Waals surface area contributed by atoms with Crippen LogP contribution in [0, 0.1) is 0 Å².